The highest BCUT2D eigenvalue weighted by atomic mass is 79.9. The van der Waals surface area contributed by atoms with Crippen molar-refractivity contribution in [2.24, 2.45) is 5.10 Å². The normalized spacial score (nSPS) is 13.9. The molecule has 2 N–H and O–H groups in total. The van der Waals surface area contributed by atoms with Crippen molar-refractivity contribution < 1.29 is 9.47 Å². The summed E-state index contributed by atoms with van der Waals surface area (Å²) in [7, 11) is 1.63. The number of halogens is 1. The second-order valence-corrected chi connectivity index (χ2v) is 7.48. The Bertz CT molecular complexity index is 1040. The van der Waals surface area contributed by atoms with Gasteiger partial charge in [0, 0.05) is 28.8 Å². The van der Waals surface area contributed by atoms with E-state index in [2.05, 4.69) is 51.6 Å². The lowest BCUT2D eigenvalue weighted by atomic mass is 10.2. The molecule has 1 aliphatic rings. The number of rotatable bonds is 7. The fraction of sp³-hybridized carbons (Fsp3) is 0.238. The zero-order valence-electron chi connectivity index (χ0n) is 17.0. The first kappa shape index (κ1) is 21.0. The van der Waals surface area contributed by atoms with E-state index in [-0.39, 0.29) is 0 Å². The Balaban J connectivity index is 1.56. The van der Waals surface area contributed by atoms with Gasteiger partial charge in [-0.05, 0) is 30.3 Å². The molecule has 1 saturated heterocycles. The number of aromatic nitrogens is 3. The van der Waals surface area contributed by atoms with Crippen LogP contribution >= 0.6 is 15.9 Å². The third-order valence-electron chi connectivity index (χ3n) is 4.54. The molecule has 0 bridgehead atoms. The minimum atomic E-state index is 0.343. The van der Waals surface area contributed by atoms with Crippen LogP contribution in [0.1, 0.15) is 5.56 Å². The van der Waals surface area contributed by atoms with Crippen molar-refractivity contribution in [3.05, 3.63) is 58.6 Å². The summed E-state index contributed by atoms with van der Waals surface area (Å²) >= 11 is 3.51. The van der Waals surface area contributed by atoms with Crippen LogP contribution in [-0.2, 0) is 4.74 Å². The summed E-state index contributed by atoms with van der Waals surface area (Å²) in [6.45, 7) is 2.70. The molecule has 4 rings (SSSR count). The lowest BCUT2D eigenvalue weighted by molar-refractivity contribution is 0.122. The van der Waals surface area contributed by atoms with Gasteiger partial charge < -0.3 is 19.7 Å². The number of ether oxygens (including phenoxy) is 2. The number of nitrogens with zero attached hydrogens (tertiary/aromatic N) is 5. The van der Waals surface area contributed by atoms with Gasteiger partial charge in [-0.3, -0.25) is 0 Å². The molecule has 31 heavy (non-hydrogen) atoms. The number of nitrogens with one attached hydrogen (secondary N) is 2. The maximum atomic E-state index is 5.44. The average Bonchev–Trinajstić information content (AvgIpc) is 2.81. The lowest BCUT2D eigenvalue weighted by Crippen LogP contribution is -2.37. The molecule has 2 heterocycles. The Morgan fingerprint density at radius 1 is 1.03 bits per heavy atom. The highest BCUT2D eigenvalue weighted by Gasteiger charge is 2.16. The van der Waals surface area contributed by atoms with Crippen LogP contribution in [0.5, 0.6) is 5.75 Å². The number of hydrogen-bond donors (Lipinski definition) is 2. The monoisotopic (exact) mass is 483 g/mol. The molecule has 1 fully saturated rings. The lowest BCUT2D eigenvalue weighted by Gasteiger charge is -2.27. The Morgan fingerprint density at radius 2 is 1.77 bits per heavy atom. The van der Waals surface area contributed by atoms with E-state index in [1.54, 1.807) is 13.3 Å². The molecule has 0 amide bonds. The smallest absolute Gasteiger partial charge is 0.250 e. The van der Waals surface area contributed by atoms with Crippen molar-refractivity contribution >= 4 is 45.7 Å². The Labute approximate surface area is 188 Å². The molecule has 10 heteroatoms. The van der Waals surface area contributed by atoms with E-state index in [9.17, 15) is 0 Å². The average molecular weight is 484 g/mol. The minimum absolute atomic E-state index is 0.343. The summed E-state index contributed by atoms with van der Waals surface area (Å²) in [5.74, 6) is 2.10. The predicted molar refractivity (Wildman–Crippen MR) is 124 cm³/mol. The molecule has 1 aliphatic heterocycles. The fourth-order valence-electron chi connectivity index (χ4n) is 2.92. The number of methoxy groups -OCH3 is 1. The van der Waals surface area contributed by atoms with E-state index >= 15 is 0 Å². The van der Waals surface area contributed by atoms with Gasteiger partial charge in [-0.2, -0.15) is 20.1 Å². The van der Waals surface area contributed by atoms with Crippen LogP contribution in [0.4, 0.5) is 23.5 Å². The van der Waals surface area contributed by atoms with E-state index in [0.29, 0.717) is 44.1 Å². The Hall–Kier alpha value is -3.24. The standard InChI is InChI=1S/C21H22BrN7O2/c1-30-17-8-6-16(7-9-17)24-19-25-20(27-21(26-19)29-10-12-31-13-11-29)28-23-14-15-4-2-3-5-18(15)22/h2-9,14H,10-13H2,1H3,(H2,24,25,26,27,28). The second-order valence-electron chi connectivity index (χ2n) is 6.63. The van der Waals surface area contributed by atoms with Crippen molar-refractivity contribution in [3.63, 3.8) is 0 Å². The van der Waals surface area contributed by atoms with Gasteiger partial charge in [0.2, 0.25) is 17.8 Å². The van der Waals surface area contributed by atoms with E-state index in [4.69, 9.17) is 9.47 Å². The summed E-state index contributed by atoms with van der Waals surface area (Å²) in [4.78, 5) is 15.6. The van der Waals surface area contributed by atoms with Crippen molar-refractivity contribution in [1.29, 1.82) is 0 Å². The van der Waals surface area contributed by atoms with Gasteiger partial charge in [0.05, 0.1) is 26.5 Å². The Kier molecular flexibility index (Phi) is 6.90. The van der Waals surface area contributed by atoms with Crippen LogP contribution in [0.25, 0.3) is 0 Å². The summed E-state index contributed by atoms with van der Waals surface area (Å²) in [6.07, 6.45) is 1.71. The number of hydrazone groups is 1. The van der Waals surface area contributed by atoms with Gasteiger partial charge in [-0.1, -0.05) is 34.1 Å². The van der Waals surface area contributed by atoms with Crippen LogP contribution in [0, 0.1) is 0 Å². The molecule has 160 valence electrons. The van der Waals surface area contributed by atoms with E-state index in [0.717, 1.165) is 21.5 Å². The molecule has 3 aromatic rings. The van der Waals surface area contributed by atoms with Gasteiger partial charge in [0.25, 0.3) is 0 Å². The van der Waals surface area contributed by atoms with E-state index < -0.39 is 0 Å². The fourth-order valence-corrected chi connectivity index (χ4v) is 3.31. The van der Waals surface area contributed by atoms with Gasteiger partial charge in [-0.15, -0.1) is 0 Å². The highest BCUT2D eigenvalue weighted by molar-refractivity contribution is 9.10. The predicted octanol–water partition coefficient (Wildman–Crippen LogP) is 3.67. The minimum Gasteiger partial charge on any atom is -0.497 e. The SMILES string of the molecule is COc1ccc(Nc2nc(NN=Cc3ccccc3Br)nc(N3CCOCC3)n2)cc1. The van der Waals surface area contributed by atoms with E-state index in [1.807, 2.05) is 48.5 Å². The third kappa shape index (κ3) is 5.68. The largest absolute Gasteiger partial charge is 0.497 e. The number of hydrogen-bond acceptors (Lipinski definition) is 9. The Morgan fingerprint density at radius 3 is 2.52 bits per heavy atom. The molecular weight excluding hydrogens is 462 g/mol. The first-order chi connectivity index (χ1) is 15.2. The van der Waals surface area contributed by atoms with Gasteiger partial charge in [-0.25, -0.2) is 5.43 Å². The molecular formula is C21H22BrN7O2. The quantitative estimate of drug-likeness (QED) is 0.388. The number of morpholine rings is 1. The van der Waals surface area contributed by atoms with Crippen LogP contribution in [-0.4, -0.2) is 54.6 Å². The zero-order chi connectivity index (χ0) is 21.5. The van der Waals surface area contributed by atoms with E-state index in [1.165, 1.54) is 0 Å². The zero-order valence-corrected chi connectivity index (χ0v) is 18.5. The first-order valence-corrected chi connectivity index (χ1v) is 10.5. The van der Waals surface area contributed by atoms with Gasteiger partial charge in [0.1, 0.15) is 5.75 Å². The maximum Gasteiger partial charge on any atom is 0.250 e. The number of benzene rings is 2. The molecule has 0 radical (unpaired) electrons. The molecule has 0 aliphatic carbocycles. The molecule has 0 atom stereocenters. The molecule has 2 aromatic carbocycles. The molecule has 0 spiro atoms. The number of anilines is 4. The highest BCUT2D eigenvalue weighted by Crippen LogP contribution is 2.21. The third-order valence-corrected chi connectivity index (χ3v) is 5.26. The van der Waals surface area contributed by atoms with Crippen LogP contribution in [0.15, 0.2) is 58.1 Å². The summed E-state index contributed by atoms with van der Waals surface area (Å²) in [5, 5.41) is 7.50. The van der Waals surface area contributed by atoms with Crippen molar-refractivity contribution in [2.75, 3.05) is 49.1 Å². The van der Waals surface area contributed by atoms with Crippen LogP contribution < -0.4 is 20.4 Å². The summed E-state index contributed by atoms with van der Waals surface area (Å²) < 4.78 is 11.6. The van der Waals surface area contributed by atoms with Crippen LogP contribution in [0.2, 0.25) is 0 Å². The van der Waals surface area contributed by atoms with Crippen molar-refractivity contribution in [1.82, 2.24) is 15.0 Å². The van der Waals surface area contributed by atoms with Crippen molar-refractivity contribution in [3.8, 4) is 5.75 Å². The van der Waals surface area contributed by atoms with Gasteiger partial charge in [0.15, 0.2) is 0 Å². The van der Waals surface area contributed by atoms with Crippen LogP contribution in [0.3, 0.4) is 0 Å². The second kappa shape index (κ2) is 10.2. The first-order valence-electron chi connectivity index (χ1n) is 9.75. The maximum absolute atomic E-state index is 5.44. The molecule has 0 unspecified atom stereocenters. The molecule has 0 saturated carbocycles. The molecule has 1 aromatic heterocycles. The summed E-state index contributed by atoms with van der Waals surface area (Å²) in [5.41, 5.74) is 4.69. The molecule has 9 nitrogen and oxygen atoms in total. The van der Waals surface area contributed by atoms with Crippen molar-refractivity contribution in [2.45, 2.75) is 0 Å². The summed E-state index contributed by atoms with van der Waals surface area (Å²) in [6, 6.07) is 15.3. The topological polar surface area (TPSA) is 96.8 Å². The van der Waals surface area contributed by atoms with Gasteiger partial charge >= 0.3 is 0 Å².